The lowest BCUT2D eigenvalue weighted by atomic mass is 10.2. The number of nitrogens with one attached hydrogen (secondary N) is 1. The van der Waals surface area contributed by atoms with Gasteiger partial charge < -0.3 is 5.32 Å². The average molecular weight is 402 g/mol. The molecular formula is C19H23N5OS2. The quantitative estimate of drug-likeness (QED) is 0.507. The molecule has 1 aliphatic carbocycles. The van der Waals surface area contributed by atoms with Crippen LogP contribution in [0.25, 0.3) is 10.2 Å². The molecule has 142 valence electrons. The van der Waals surface area contributed by atoms with Gasteiger partial charge in [0.05, 0.1) is 11.4 Å². The lowest BCUT2D eigenvalue weighted by Gasteiger charge is -2.15. The van der Waals surface area contributed by atoms with Crippen LogP contribution in [0.5, 0.6) is 0 Å². The first-order valence-electron chi connectivity index (χ1n) is 9.24. The van der Waals surface area contributed by atoms with Crippen LogP contribution in [0.3, 0.4) is 0 Å². The summed E-state index contributed by atoms with van der Waals surface area (Å²) in [7, 11) is 0. The van der Waals surface area contributed by atoms with Crippen LogP contribution in [0.2, 0.25) is 0 Å². The third-order valence-corrected chi connectivity index (χ3v) is 6.98. The zero-order chi connectivity index (χ0) is 19.1. The second kappa shape index (κ2) is 7.24. The summed E-state index contributed by atoms with van der Waals surface area (Å²) in [6, 6.07) is 2.02. The first kappa shape index (κ1) is 18.4. The van der Waals surface area contributed by atoms with Crippen LogP contribution in [0.15, 0.2) is 17.3 Å². The van der Waals surface area contributed by atoms with E-state index >= 15 is 0 Å². The molecule has 0 unspecified atom stereocenters. The van der Waals surface area contributed by atoms with Gasteiger partial charge in [-0.05, 0) is 52.5 Å². The first-order chi connectivity index (χ1) is 12.9. The minimum atomic E-state index is -0.269. The van der Waals surface area contributed by atoms with E-state index in [0.29, 0.717) is 0 Å². The van der Waals surface area contributed by atoms with Crippen molar-refractivity contribution in [2.45, 2.75) is 63.3 Å². The Bertz CT molecular complexity index is 1010. The zero-order valence-corrected chi connectivity index (χ0v) is 17.6. The van der Waals surface area contributed by atoms with Gasteiger partial charge in [-0.2, -0.15) is 5.10 Å². The van der Waals surface area contributed by atoms with Crippen LogP contribution in [0.4, 0.5) is 5.82 Å². The van der Waals surface area contributed by atoms with Crippen molar-refractivity contribution in [2.75, 3.05) is 5.32 Å². The SMILES string of the molecule is Cc1nc(S[C@@H](C)C(=O)Nc2ccnn2C(C)C)c2c3c(sc2n1)CCC3. The maximum Gasteiger partial charge on any atom is 0.238 e. The molecule has 8 heteroatoms. The van der Waals surface area contributed by atoms with E-state index in [1.165, 1.54) is 28.6 Å². The van der Waals surface area contributed by atoms with Gasteiger partial charge in [0.2, 0.25) is 5.91 Å². The van der Waals surface area contributed by atoms with Crippen LogP contribution in [-0.4, -0.2) is 30.9 Å². The fourth-order valence-corrected chi connectivity index (χ4v) is 5.82. The minimum absolute atomic E-state index is 0.0429. The number of rotatable bonds is 5. The van der Waals surface area contributed by atoms with Crippen molar-refractivity contribution in [1.29, 1.82) is 0 Å². The highest BCUT2D eigenvalue weighted by molar-refractivity contribution is 8.00. The molecule has 1 atom stereocenters. The Balaban J connectivity index is 1.58. The number of carbonyl (C=O) groups is 1. The smallest absolute Gasteiger partial charge is 0.238 e. The Labute approximate surface area is 166 Å². The van der Waals surface area contributed by atoms with Gasteiger partial charge in [0.1, 0.15) is 21.5 Å². The summed E-state index contributed by atoms with van der Waals surface area (Å²) in [4.78, 5) is 24.6. The lowest BCUT2D eigenvalue weighted by Crippen LogP contribution is -2.24. The number of fused-ring (bicyclic) bond motifs is 3. The number of hydrogen-bond donors (Lipinski definition) is 1. The second-order valence-corrected chi connectivity index (χ2v) is 9.53. The molecule has 1 N–H and O–H groups in total. The standard InChI is InChI=1S/C19H23N5OS2/c1-10(2)24-15(8-9-20-24)23-17(25)11(3)26-18-16-13-6-5-7-14(13)27-19(16)22-12(4)21-18/h8-11H,5-7H2,1-4H3,(H,23,25)/t11-/m0/s1. The summed E-state index contributed by atoms with van der Waals surface area (Å²) in [5.74, 6) is 1.44. The van der Waals surface area contributed by atoms with E-state index in [-0.39, 0.29) is 17.2 Å². The van der Waals surface area contributed by atoms with Gasteiger partial charge >= 0.3 is 0 Å². The van der Waals surface area contributed by atoms with Crippen LogP contribution >= 0.6 is 23.1 Å². The largest absolute Gasteiger partial charge is 0.310 e. The average Bonchev–Trinajstić information content (AvgIpc) is 3.29. The zero-order valence-electron chi connectivity index (χ0n) is 15.9. The normalized spacial score (nSPS) is 14.7. The molecule has 3 aromatic heterocycles. The number of carbonyl (C=O) groups excluding carboxylic acids is 1. The van der Waals surface area contributed by atoms with Crippen molar-refractivity contribution in [3.05, 3.63) is 28.5 Å². The van der Waals surface area contributed by atoms with E-state index in [2.05, 4.69) is 20.4 Å². The van der Waals surface area contributed by atoms with E-state index in [0.717, 1.165) is 39.7 Å². The third-order valence-electron chi connectivity index (χ3n) is 4.71. The number of hydrogen-bond acceptors (Lipinski definition) is 6. The van der Waals surface area contributed by atoms with Crippen LogP contribution in [0.1, 0.15) is 49.5 Å². The number of nitrogens with zero attached hydrogens (tertiary/aromatic N) is 4. The van der Waals surface area contributed by atoms with Crippen molar-refractivity contribution < 1.29 is 4.79 Å². The molecule has 0 radical (unpaired) electrons. The highest BCUT2D eigenvalue weighted by Gasteiger charge is 2.25. The summed E-state index contributed by atoms with van der Waals surface area (Å²) in [6.07, 6.45) is 5.13. The van der Waals surface area contributed by atoms with E-state index in [4.69, 9.17) is 0 Å². The van der Waals surface area contributed by atoms with Gasteiger partial charge in [-0.25, -0.2) is 14.6 Å². The predicted molar refractivity (Wildman–Crippen MR) is 111 cm³/mol. The van der Waals surface area contributed by atoms with Crippen molar-refractivity contribution in [2.24, 2.45) is 0 Å². The molecule has 3 aromatic rings. The maximum absolute atomic E-state index is 12.8. The molecule has 1 aliphatic rings. The molecule has 0 bridgehead atoms. The van der Waals surface area contributed by atoms with E-state index in [9.17, 15) is 4.79 Å². The fourth-order valence-electron chi connectivity index (χ4n) is 3.42. The number of aryl methyl sites for hydroxylation is 3. The Hall–Kier alpha value is -1.93. The molecule has 6 nitrogen and oxygen atoms in total. The topological polar surface area (TPSA) is 72.7 Å². The van der Waals surface area contributed by atoms with Crippen molar-refractivity contribution in [1.82, 2.24) is 19.7 Å². The molecule has 0 saturated heterocycles. The molecule has 0 aromatic carbocycles. The molecule has 0 saturated carbocycles. The summed E-state index contributed by atoms with van der Waals surface area (Å²) < 4.78 is 1.81. The molecule has 27 heavy (non-hydrogen) atoms. The van der Waals surface area contributed by atoms with E-state index in [1.54, 1.807) is 17.5 Å². The maximum atomic E-state index is 12.8. The Morgan fingerprint density at radius 3 is 2.89 bits per heavy atom. The van der Waals surface area contributed by atoms with Gasteiger partial charge in [0.15, 0.2) is 0 Å². The Morgan fingerprint density at radius 1 is 1.30 bits per heavy atom. The van der Waals surface area contributed by atoms with Crippen LogP contribution < -0.4 is 5.32 Å². The predicted octanol–water partition coefficient (Wildman–Crippen LogP) is 4.39. The van der Waals surface area contributed by atoms with E-state index < -0.39 is 0 Å². The van der Waals surface area contributed by atoms with Gasteiger partial charge in [0, 0.05) is 22.4 Å². The molecule has 0 aliphatic heterocycles. The molecular weight excluding hydrogens is 378 g/mol. The molecule has 0 spiro atoms. The molecule has 0 fully saturated rings. The second-order valence-electron chi connectivity index (χ2n) is 7.12. The Morgan fingerprint density at radius 2 is 2.11 bits per heavy atom. The highest BCUT2D eigenvalue weighted by atomic mass is 32.2. The summed E-state index contributed by atoms with van der Waals surface area (Å²) in [5.41, 5.74) is 1.39. The molecule has 4 rings (SSSR count). The van der Waals surface area contributed by atoms with Gasteiger partial charge in [-0.15, -0.1) is 11.3 Å². The monoisotopic (exact) mass is 401 g/mol. The van der Waals surface area contributed by atoms with E-state index in [1.807, 2.05) is 38.4 Å². The summed E-state index contributed by atoms with van der Waals surface area (Å²) >= 11 is 3.30. The lowest BCUT2D eigenvalue weighted by molar-refractivity contribution is -0.115. The van der Waals surface area contributed by atoms with Gasteiger partial charge in [-0.1, -0.05) is 11.8 Å². The fraction of sp³-hybridized carbons (Fsp3) is 0.474. The number of anilines is 1. The van der Waals surface area contributed by atoms with Crippen LogP contribution in [-0.2, 0) is 17.6 Å². The first-order valence-corrected chi connectivity index (χ1v) is 10.9. The van der Waals surface area contributed by atoms with Crippen molar-refractivity contribution in [3.63, 3.8) is 0 Å². The van der Waals surface area contributed by atoms with Crippen LogP contribution in [0, 0.1) is 6.92 Å². The minimum Gasteiger partial charge on any atom is -0.310 e. The number of amides is 1. The number of thioether (sulfide) groups is 1. The van der Waals surface area contributed by atoms with Crippen molar-refractivity contribution >= 4 is 45.0 Å². The molecule has 3 heterocycles. The summed E-state index contributed by atoms with van der Waals surface area (Å²) in [6.45, 7) is 7.92. The molecule has 1 amide bonds. The van der Waals surface area contributed by atoms with Crippen molar-refractivity contribution in [3.8, 4) is 0 Å². The summed E-state index contributed by atoms with van der Waals surface area (Å²) in [5, 5.41) is 9.09. The number of thiophene rings is 1. The number of aromatic nitrogens is 4. The Kier molecular flexibility index (Phi) is 4.94. The third kappa shape index (κ3) is 3.48. The van der Waals surface area contributed by atoms with Gasteiger partial charge in [-0.3, -0.25) is 4.79 Å². The van der Waals surface area contributed by atoms with Gasteiger partial charge in [0.25, 0.3) is 0 Å². The highest BCUT2D eigenvalue weighted by Crippen LogP contribution is 2.41.